The standard InChI is InChI=1S/C21H20FN5OS/c1-28-18-7-8-19-14(12-18)11-15(13-23)20(27-19)24-9-2-10-25-21(29)26-17-5-3-16(22)4-6-17/h3-8,11-12H,2,9-10H2,1H3,(H,24,27)(H2,25,26,29). The summed E-state index contributed by atoms with van der Waals surface area (Å²) < 4.78 is 18.1. The van der Waals surface area contributed by atoms with E-state index in [2.05, 4.69) is 27.0 Å². The van der Waals surface area contributed by atoms with Crippen molar-refractivity contribution in [3.05, 3.63) is 59.9 Å². The zero-order valence-corrected chi connectivity index (χ0v) is 16.6. The van der Waals surface area contributed by atoms with E-state index in [1.165, 1.54) is 12.1 Å². The Morgan fingerprint density at radius 2 is 1.97 bits per heavy atom. The van der Waals surface area contributed by atoms with Crippen molar-refractivity contribution >= 4 is 39.7 Å². The van der Waals surface area contributed by atoms with Crippen LogP contribution in [0.3, 0.4) is 0 Å². The molecule has 1 heterocycles. The minimum Gasteiger partial charge on any atom is -0.497 e. The topological polar surface area (TPSA) is 82.0 Å². The van der Waals surface area contributed by atoms with Gasteiger partial charge in [0.05, 0.1) is 18.2 Å². The summed E-state index contributed by atoms with van der Waals surface area (Å²) in [5, 5.41) is 20.0. The molecule has 3 N–H and O–H groups in total. The summed E-state index contributed by atoms with van der Waals surface area (Å²) in [7, 11) is 1.60. The molecule has 0 bridgehead atoms. The second kappa shape index (κ2) is 9.66. The number of aromatic nitrogens is 1. The van der Waals surface area contributed by atoms with Gasteiger partial charge in [-0.25, -0.2) is 9.37 Å². The molecule has 0 aliphatic rings. The average Bonchev–Trinajstić information content (AvgIpc) is 2.74. The molecule has 3 rings (SSSR count). The van der Waals surface area contributed by atoms with Crippen molar-refractivity contribution in [1.29, 1.82) is 5.26 Å². The van der Waals surface area contributed by atoms with E-state index in [9.17, 15) is 9.65 Å². The summed E-state index contributed by atoms with van der Waals surface area (Å²) >= 11 is 5.22. The highest BCUT2D eigenvalue weighted by atomic mass is 32.1. The zero-order chi connectivity index (χ0) is 20.6. The first kappa shape index (κ1) is 20.3. The maximum absolute atomic E-state index is 12.9. The van der Waals surface area contributed by atoms with E-state index in [1.54, 1.807) is 25.3 Å². The van der Waals surface area contributed by atoms with Gasteiger partial charge in [0, 0.05) is 24.2 Å². The maximum Gasteiger partial charge on any atom is 0.170 e. The number of anilines is 2. The fraction of sp³-hybridized carbons (Fsp3) is 0.190. The molecule has 0 radical (unpaired) electrons. The molecule has 2 aromatic carbocycles. The van der Waals surface area contributed by atoms with Crippen molar-refractivity contribution in [2.75, 3.05) is 30.8 Å². The Morgan fingerprint density at radius 3 is 2.69 bits per heavy atom. The molecule has 0 aliphatic heterocycles. The molecule has 6 nitrogen and oxygen atoms in total. The van der Waals surface area contributed by atoms with Crippen LogP contribution in [0.2, 0.25) is 0 Å². The monoisotopic (exact) mass is 409 g/mol. The number of nitrogens with one attached hydrogen (secondary N) is 3. The van der Waals surface area contributed by atoms with Gasteiger partial charge in [-0.15, -0.1) is 0 Å². The predicted octanol–water partition coefficient (Wildman–Crippen LogP) is 4.04. The first-order valence-corrected chi connectivity index (χ1v) is 9.43. The lowest BCUT2D eigenvalue weighted by Gasteiger charge is -2.12. The number of fused-ring (bicyclic) bond motifs is 1. The third-order valence-electron chi connectivity index (χ3n) is 4.18. The number of benzene rings is 2. The molecule has 0 unspecified atom stereocenters. The van der Waals surface area contributed by atoms with Crippen LogP contribution in [0.5, 0.6) is 5.75 Å². The Kier molecular flexibility index (Phi) is 6.76. The molecule has 0 aliphatic carbocycles. The molecular weight excluding hydrogens is 389 g/mol. The van der Waals surface area contributed by atoms with Crippen LogP contribution in [0.25, 0.3) is 10.9 Å². The van der Waals surface area contributed by atoms with Gasteiger partial charge < -0.3 is 20.7 Å². The van der Waals surface area contributed by atoms with Crippen molar-refractivity contribution in [2.45, 2.75) is 6.42 Å². The number of hydrogen-bond acceptors (Lipinski definition) is 5. The van der Waals surface area contributed by atoms with Crippen molar-refractivity contribution in [2.24, 2.45) is 0 Å². The molecule has 29 heavy (non-hydrogen) atoms. The van der Waals surface area contributed by atoms with Crippen LogP contribution >= 0.6 is 12.2 Å². The summed E-state index contributed by atoms with van der Waals surface area (Å²) in [5.74, 6) is 0.982. The summed E-state index contributed by atoms with van der Waals surface area (Å²) in [5.41, 5.74) is 1.99. The van der Waals surface area contributed by atoms with Crippen LogP contribution in [0.15, 0.2) is 48.5 Å². The number of halogens is 1. The van der Waals surface area contributed by atoms with Crippen molar-refractivity contribution < 1.29 is 9.13 Å². The van der Waals surface area contributed by atoms with Gasteiger partial charge in [0.25, 0.3) is 0 Å². The molecule has 0 saturated heterocycles. The quantitative estimate of drug-likeness (QED) is 0.401. The van der Waals surface area contributed by atoms with Crippen LogP contribution < -0.4 is 20.7 Å². The van der Waals surface area contributed by atoms with E-state index < -0.39 is 0 Å². The highest BCUT2D eigenvalue weighted by Crippen LogP contribution is 2.24. The van der Waals surface area contributed by atoms with E-state index >= 15 is 0 Å². The van der Waals surface area contributed by atoms with Crippen LogP contribution in [-0.4, -0.2) is 30.3 Å². The molecule has 0 fully saturated rings. The number of hydrogen-bond donors (Lipinski definition) is 3. The smallest absolute Gasteiger partial charge is 0.170 e. The van der Waals surface area contributed by atoms with Crippen molar-refractivity contribution in [3.8, 4) is 11.8 Å². The van der Waals surface area contributed by atoms with Gasteiger partial charge in [-0.2, -0.15) is 5.26 Å². The van der Waals surface area contributed by atoms with Crippen molar-refractivity contribution in [1.82, 2.24) is 10.3 Å². The average molecular weight is 409 g/mol. The largest absolute Gasteiger partial charge is 0.497 e. The van der Waals surface area contributed by atoms with Gasteiger partial charge in [0.2, 0.25) is 0 Å². The highest BCUT2D eigenvalue weighted by Gasteiger charge is 2.07. The summed E-state index contributed by atoms with van der Waals surface area (Å²) in [6.45, 7) is 1.25. The zero-order valence-electron chi connectivity index (χ0n) is 15.8. The van der Waals surface area contributed by atoms with Gasteiger partial charge in [-0.05, 0) is 67.2 Å². The van der Waals surface area contributed by atoms with Gasteiger partial charge in [-0.1, -0.05) is 0 Å². The molecule has 0 amide bonds. The van der Waals surface area contributed by atoms with Gasteiger partial charge in [0.15, 0.2) is 5.11 Å². The van der Waals surface area contributed by atoms with E-state index in [0.717, 1.165) is 28.8 Å². The number of ether oxygens (including phenoxy) is 1. The normalized spacial score (nSPS) is 10.2. The summed E-state index contributed by atoms with van der Waals surface area (Å²) in [6, 6.07) is 15.5. The number of nitriles is 1. The van der Waals surface area contributed by atoms with Crippen LogP contribution in [0.1, 0.15) is 12.0 Å². The fourth-order valence-electron chi connectivity index (χ4n) is 2.71. The molecule has 8 heteroatoms. The van der Waals surface area contributed by atoms with Gasteiger partial charge in [-0.3, -0.25) is 0 Å². The highest BCUT2D eigenvalue weighted by molar-refractivity contribution is 7.80. The molecule has 0 saturated carbocycles. The Morgan fingerprint density at radius 1 is 1.17 bits per heavy atom. The van der Waals surface area contributed by atoms with E-state index in [4.69, 9.17) is 17.0 Å². The number of thiocarbonyl (C=S) groups is 1. The second-order valence-corrected chi connectivity index (χ2v) is 6.63. The van der Waals surface area contributed by atoms with Gasteiger partial charge in [0.1, 0.15) is 23.5 Å². The fourth-order valence-corrected chi connectivity index (χ4v) is 2.93. The Hall–Kier alpha value is -3.44. The molecule has 3 aromatic rings. The predicted molar refractivity (Wildman–Crippen MR) is 117 cm³/mol. The summed E-state index contributed by atoms with van der Waals surface area (Å²) in [4.78, 5) is 4.54. The Balaban J connectivity index is 1.49. The third-order valence-corrected chi connectivity index (χ3v) is 4.42. The first-order valence-electron chi connectivity index (χ1n) is 9.02. The number of methoxy groups -OCH3 is 1. The summed E-state index contributed by atoms with van der Waals surface area (Å²) in [6.07, 6.45) is 0.762. The molecule has 1 aromatic heterocycles. The van der Waals surface area contributed by atoms with Crippen LogP contribution in [0, 0.1) is 17.1 Å². The lowest BCUT2D eigenvalue weighted by molar-refractivity contribution is 0.415. The second-order valence-electron chi connectivity index (χ2n) is 6.22. The SMILES string of the molecule is COc1ccc2nc(NCCCNC(=S)Nc3ccc(F)cc3)c(C#N)cc2c1. The molecule has 0 spiro atoms. The first-order chi connectivity index (χ1) is 14.1. The molecule has 0 atom stereocenters. The number of rotatable bonds is 7. The minimum atomic E-state index is -0.293. The van der Waals surface area contributed by atoms with E-state index in [0.29, 0.717) is 29.6 Å². The Bertz CT molecular complexity index is 1050. The van der Waals surface area contributed by atoms with Crippen LogP contribution in [-0.2, 0) is 0 Å². The number of nitrogens with zero attached hydrogens (tertiary/aromatic N) is 2. The maximum atomic E-state index is 12.9. The minimum absolute atomic E-state index is 0.293. The van der Waals surface area contributed by atoms with E-state index in [-0.39, 0.29) is 5.82 Å². The molecular formula is C21H20FN5OS. The Labute approximate surface area is 173 Å². The van der Waals surface area contributed by atoms with Crippen LogP contribution in [0.4, 0.5) is 15.9 Å². The third kappa shape index (κ3) is 5.53. The lowest BCUT2D eigenvalue weighted by atomic mass is 10.1. The van der Waals surface area contributed by atoms with Gasteiger partial charge >= 0.3 is 0 Å². The lowest BCUT2D eigenvalue weighted by Crippen LogP contribution is -2.30. The van der Waals surface area contributed by atoms with Crippen molar-refractivity contribution in [3.63, 3.8) is 0 Å². The van der Waals surface area contributed by atoms with E-state index in [1.807, 2.05) is 18.2 Å². The molecule has 148 valence electrons. The number of pyridine rings is 1.